The van der Waals surface area contributed by atoms with E-state index in [4.69, 9.17) is 0 Å². The minimum atomic E-state index is -0.257. The number of esters is 1. The van der Waals surface area contributed by atoms with Crippen molar-refractivity contribution in [3.63, 3.8) is 0 Å². The fourth-order valence-corrected chi connectivity index (χ4v) is 1.96. The summed E-state index contributed by atoms with van der Waals surface area (Å²) in [6.07, 6.45) is 0.656. The average Bonchev–Trinajstić information content (AvgIpc) is 2.20. The van der Waals surface area contributed by atoms with Crippen LogP contribution in [0, 0.1) is 3.57 Å². The van der Waals surface area contributed by atoms with E-state index in [1.165, 1.54) is 10.7 Å². The van der Waals surface area contributed by atoms with Crippen molar-refractivity contribution in [3.8, 4) is 0 Å². The van der Waals surface area contributed by atoms with Crippen LogP contribution in [0.4, 0.5) is 0 Å². The summed E-state index contributed by atoms with van der Waals surface area (Å²) in [5.74, 6) is -0.233. The second kappa shape index (κ2) is 5.70. The monoisotopic (exact) mass is 368 g/mol. The number of ether oxygens (including phenoxy) is 1. The third-order valence-corrected chi connectivity index (χ3v) is 3.20. The number of alkyl halides is 1. The second-order valence-corrected chi connectivity index (χ2v) is 5.17. The predicted molar refractivity (Wildman–Crippen MR) is 67.6 cm³/mol. The van der Waals surface area contributed by atoms with Crippen molar-refractivity contribution in [2.75, 3.05) is 7.11 Å². The van der Waals surface area contributed by atoms with Crippen molar-refractivity contribution in [1.82, 2.24) is 0 Å². The van der Waals surface area contributed by atoms with Gasteiger partial charge in [0, 0.05) is 3.57 Å². The Balaban J connectivity index is 2.60. The molecule has 0 amide bonds. The van der Waals surface area contributed by atoms with Gasteiger partial charge in [0.1, 0.15) is 4.83 Å². The van der Waals surface area contributed by atoms with Gasteiger partial charge < -0.3 is 4.74 Å². The van der Waals surface area contributed by atoms with Crippen molar-refractivity contribution < 1.29 is 9.53 Å². The molecule has 0 saturated heterocycles. The molecule has 0 aliphatic rings. The molecule has 0 aromatic heterocycles. The van der Waals surface area contributed by atoms with Crippen LogP contribution in [-0.2, 0) is 16.0 Å². The van der Waals surface area contributed by atoms with E-state index >= 15 is 0 Å². The smallest absolute Gasteiger partial charge is 0.319 e. The molecule has 4 heteroatoms. The van der Waals surface area contributed by atoms with Gasteiger partial charge in [-0.25, -0.2) is 0 Å². The van der Waals surface area contributed by atoms with Crippen LogP contribution in [0.3, 0.4) is 0 Å². The molecule has 1 atom stereocenters. The minimum absolute atomic E-state index is 0.233. The predicted octanol–water partition coefficient (Wildman–Crippen LogP) is 2.77. The van der Waals surface area contributed by atoms with Gasteiger partial charge in [0.25, 0.3) is 0 Å². The molecule has 1 rings (SSSR count). The summed E-state index contributed by atoms with van der Waals surface area (Å²) in [6, 6.07) is 8.07. The lowest BCUT2D eigenvalue weighted by Crippen LogP contribution is -2.17. The van der Waals surface area contributed by atoms with E-state index in [0.717, 1.165) is 5.56 Å². The molecule has 2 nitrogen and oxygen atoms in total. The summed E-state index contributed by atoms with van der Waals surface area (Å²) in [5, 5.41) is 0. The Labute approximate surface area is 105 Å². The molecule has 1 aromatic carbocycles. The molecular weight excluding hydrogens is 359 g/mol. The number of hydrogen-bond donors (Lipinski definition) is 0. The van der Waals surface area contributed by atoms with Gasteiger partial charge in [0.15, 0.2) is 0 Å². The summed E-state index contributed by atoms with van der Waals surface area (Å²) in [6.45, 7) is 0. The molecular formula is C10H10BrIO2. The van der Waals surface area contributed by atoms with E-state index in [1.54, 1.807) is 0 Å². The highest BCUT2D eigenvalue weighted by Gasteiger charge is 2.15. The van der Waals surface area contributed by atoms with E-state index in [9.17, 15) is 4.79 Å². The molecule has 0 spiro atoms. The molecule has 0 radical (unpaired) electrons. The molecule has 14 heavy (non-hydrogen) atoms. The van der Waals surface area contributed by atoms with Crippen LogP contribution in [-0.4, -0.2) is 17.9 Å². The molecule has 0 aliphatic heterocycles. The fourth-order valence-electron chi connectivity index (χ4n) is 1.04. The lowest BCUT2D eigenvalue weighted by Gasteiger charge is -2.07. The maximum absolute atomic E-state index is 11.1. The van der Waals surface area contributed by atoms with Gasteiger partial charge in [-0.3, -0.25) is 4.79 Å². The van der Waals surface area contributed by atoms with Gasteiger partial charge >= 0.3 is 5.97 Å². The Kier molecular flexibility index (Phi) is 4.88. The second-order valence-electron chi connectivity index (χ2n) is 2.82. The summed E-state index contributed by atoms with van der Waals surface area (Å²) >= 11 is 5.53. The number of halogens is 2. The van der Waals surface area contributed by atoms with Crippen LogP contribution >= 0.6 is 38.5 Å². The number of carbonyl (C=O) groups is 1. The lowest BCUT2D eigenvalue weighted by molar-refractivity contribution is -0.139. The highest BCUT2D eigenvalue weighted by atomic mass is 127. The van der Waals surface area contributed by atoms with E-state index in [1.807, 2.05) is 24.3 Å². The Bertz CT molecular complexity index is 310. The van der Waals surface area contributed by atoms with Crippen molar-refractivity contribution in [1.29, 1.82) is 0 Å². The third kappa shape index (κ3) is 3.57. The number of carbonyl (C=O) groups excluding carboxylic acids is 1. The number of hydrogen-bond acceptors (Lipinski definition) is 2. The van der Waals surface area contributed by atoms with Crippen molar-refractivity contribution in [3.05, 3.63) is 33.4 Å². The third-order valence-electron chi connectivity index (χ3n) is 1.79. The quantitative estimate of drug-likeness (QED) is 0.466. The van der Waals surface area contributed by atoms with E-state index in [0.29, 0.717) is 6.42 Å². The maximum Gasteiger partial charge on any atom is 0.319 e. The molecule has 1 aromatic rings. The molecule has 0 saturated carbocycles. The first-order valence-electron chi connectivity index (χ1n) is 4.10. The van der Waals surface area contributed by atoms with Gasteiger partial charge in [-0.05, 0) is 46.7 Å². The Morgan fingerprint density at radius 1 is 1.50 bits per heavy atom. The van der Waals surface area contributed by atoms with E-state index in [2.05, 4.69) is 43.3 Å². The molecule has 0 fully saturated rings. The number of benzene rings is 1. The van der Waals surface area contributed by atoms with Crippen LogP contribution in [0.1, 0.15) is 5.56 Å². The SMILES string of the molecule is COC(=O)C(Br)Cc1ccc(I)cc1. The van der Waals surface area contributed by atoms with Gasteiger partial charge in [-0.15, -0.1) is 0 Å². The van der Waals surface area contributed by atoms with Gasteiger partial charge in [0.2, 0.25) is 0 Å². The highest BCUT2D eigenvalue weighted by molar-refractivity contribution is 14.1. The zero-order valence-electron chi connectivity index (χ0n) is 7.67. The zero-order valence-corrected chi connectivity index (χ0v) is 11.4. The summed E-state index contributed by atoms with van der Waals surface area (Å²) < 4.78 is 5.81. The highest BCUT2D eigenvalue weighted by Crippen LogP contribution is 2.13. The maximum atomic E-state index is 11.1. The van der Waals surface area contributed by atoms with Crippen LogP contribution in [0.2, 0.25) is 0 Å². The van der Waals surface area contributed by atoms with Crippen molar-refractivity contribution in [2.45, 2.75) is 11.2 Å². The van der Waals surface area contributed by atoms with Crippen LogP contribution in [0.5, 0.6) is 0 Å². The first kappa shape index (κ1) is 12.0. The molecule has 1 unspecified atom stereocenters. The Morgan fingerprint density at radius 2 is 2.07 bits per heavy atom. The van der Waals surface area contributed by atoms with E-state index < -0.39 is 0 Å². The van der Waals surface area contributed by atoms with Gasteiger partial charge in [0.05, 0.1) is 7.11 Å². The standard InChI is InChI=1S/C10H10BrIO2/c1-14-10(13)9(11)6-7-2-4-8(12)5-3-7/h2-5,9H,6H2,1H3. The molecule has 0 bridgehead atoms. The normalized spacial score (nSPS) is 12.2. The molecule has 76 valence electrons. The van der Waals surface area contributed by atoms with Crippen LogP contribution in [0.25, 0.3) is 0 Å². The zero-order chi connectivity index (χ0) is 10.6. The molecule has 0 aliphatic carbocycles. The Hall–Kier alpha value is -0.100. The summed E-state index contributed by atoms with van der Waals surface area (Å²) in [4.78, 5) is 10.9. The molecule has 0 N–H and O–H groups in total. The Morgan fingerprint density at radius 3 is 2.57 bits per heavy atom. The number of rotatable bonds is 3. The largest absolute Gasteiger partial charge is 0.468 e. The van der Waals surface area contributed by atoms with Crippen molar-refractivity contribution >= 4 is 44.5 Å². The lowest BCUT2D eigenvalue weighted by atomic mass is 10.1. The first-order valence-corrected chi connectivity index (χ1v) is 6.09. The van der Waals surface area contributed by atoms with Crippen molar-refractivity contribution in [2.24, 2.45) is 0 Å². The summed E-state index contributed by atoms with van der Waals surface area (Å²) in [5.41, 5.74) is 1.12. The minimum Gasteiger partial charge on any atom is -0.468 e. The van der Waals surface area contributed by atoms with Gasteiger partial charge in [-0.1, -0.05) is 28.1 Å². The first-order chi connectivity index (χ1) is 6.63. The average molecular weight is 369 g/mol. The van der Waals surface area contributed by atoms with E-state index in [-0.39, 0.29) is 10.8 Å². The number of methoxy groups -OCH3 is 1. The molecule has 0 heterocycles. The van der Waals surface area contributed by atoms with Gasteiger partial charge in [-0.2, -0.15) is 0 Å². The van der Waals surface area contributed by atoms with Crippen LogP contribution in [0.15, 0.2) is 24.3 Å². The fraction of sp³-hybridized carbons (Fsp3) is 0.300. The topological polar surface area (TPSA) is 26.3 Å². The summed E-state index contributed by atoms with van der Waals surface area (Å²) in [7, 11) is 1.39. The van der Waals surface area contributed by atoms with Crippen LogP contribution < -0.4 is 0 Å².